The second-order valence-electron chi connectivity index (χ2n) is 15.0. The number of methoxy groups -OCH3 is 1. The third kappa shape index (κ3) is 9.94. The van der Waals surface area contributed by atoms with Crippen molar-refractivity contribution in [2.75, 3.05) is 51.4 Å². The van der Waals surface area contributed by atoms with Crippen LogP contribution in [0.25, 0.3) is 0 Å². The summed E-state index contributed by atoms with van der Waals surface area (Å²) in [7, 11) is 1.26. The number of aromatic nitrogens is 1. The summed E-state index contributed by atoms with van der Waals surface area (Å²) in [5.74, 6) is -2.80. The molecule has 282 valence electrons. The highest BCUT2D eigenvalue weighted by Crippen LogP contribution is 2.41. The highest BCUT2D eigenvalue weighted by Gasteiger charge is 2.39. The minimum Gasteiger partial charge on any atom is -0.487 e. The van der Waals surface area contributed by atoms with E-state index in [1.54, 1.807) is 11.8 Å². The first-order valence-corrected chi connectivity index (χ1v) is 18.6. The lowest BCUT2D eigenvalue weighted by atomic mass is 9.77. The van der Waals surface area contributed by atoms with Crippen LogP contribution in [0, 0.1) is 17.6 Å². The Balaban J connectivity index is 1.17. The van der Waals surface area contributed by atoms with Crippen LogP contribution in [0.15, 0.2) is 18.2 Å². The highest BCUT2D eigenvalue weighted by molar-refractivity contribution is 5.88. The van der Waals surface area contributed by atoms with Gasteiger partial charge in [0, 0.05) is 43.3 Å². The predicted octanol–water partition coefficient (Wildman–Crippen LogP) is 7.50. The number of aryl methyl sites for hydroxylation is 2. The van der Waals surface area contributed by atoms with E-state index in [1.165, 1.54) is 7.11 Å². The Morgan fingerprint density at radius 2 is 1.80 bits per heavy atom. The average molecular weight is 718 g/mol. The van der Waals surface area contributed by atoms with Crippen LogP contribution in [-0.2, 0) is 38.3 Å². The van der Waals surface area contributed by atoms with Crippen LogP contribution < -0.4 is 9.64 Å². The molecule has 1 unspecified atom stereocenters. The van der Waals surface area contributed by atoms with Crippen molar-refractivity contribution in [2.24, 2.45) is 5.92 Å². The van der Waals surface area contributed by atoms with Gasteiger partial charge in [-0.15, -0.1) is 0 Å². The molecule has 51 heavy (non-hydrogen) atoms. The first kappa shape index (κ1) is 38.8. The fourth-order valence-electron chi connectivity index (χ4n) is 7.53. The molecule has 1 amide bonds. The van der Waals surface area contributed by atoms with E-state index in [4.69, 9.17) is 23.9 Å². The summed E-state index contributed by atoms with van der Waals surface area (Å²) < 4.78 is 69.0. The van der Waals surface area contributed by atoms with Crippen LogP contribution in [0.1, 0.15) is 101 Å². The molecular weight excluding hydrogens is 663 g/mol. The van der Waals surface area contributed by atoms with Crippen molar-refractivity contribution in [3.8, 4) is 5.75 Å². The molecular formula is C39H54F3N3O6. The third-order valence-corrected chi connectivity index (χ3v) is 10.1. The van der Waals surface area contributed by atoms with Gasteiger partial charge in [0.15, 0.2) is 11.6 Å². The maximum absolute atomic E-state index is 16.2. The maximum Gasteiger partial charge on any atom is 0.416 e. The number of rotatable bonds is 12. The van der Waals surface area contributed by atoms with E-state index in [-0.39, 0.29) is 41.9 Å². The van der Waals surface area contributed by atoms with Gasteiger partial charge in [-0.1, -0.05) is 13.0 Å². The number of hydrogen-bond donors (Lipinski definition) is 0. The number of likely N-dealkylation sites (tertiary alicyclic amines) is 1. The van der Waals surface area contributed by atoms with Crippen LogP contribution in [0.4, 0.5) is 23.8 Å². The number of hydrogen-bond acceptors (Lipinski definition) is 8. The molecule has 1 aromatic heterocycles. The third-order valence-electron chi connectivity index (χ3n) is 10.1. The fourth-order valence-corrected chi connectivity index (χ4v) is 7.53. The zero-order valence-electron chi connectivity index (χ0n) is 30.8. The number of anilines is 1. The second-order valence-corrected chi connectivity index (χ2v) is 15.0. The largest absolute Gasteiger partial charge is 0.487 e. The predicted molar refractivity (Wildman–Crippen MR) is 188 cm³/mol. The van der Waals surface area contributed by atoms with Gasteiger partial charge in [0.05, 0.1) is 26.2 Å². The first-order chi connectivity index (χ1) is 24.4. The Morgan fingerprint density at radius 3 is 2.47 bits per heavy atom. The Kier molecular flexibility index (Phi) is 13.3. The fraction of sp³-hybridized carbons (Fsp3) is 0.667. The highest BCUT2D eigenvalue weighted by atomic mass is 19.1. The number of ether oxygens (including phenoxy) is 4. The van der Waals surface area contributed by atoms with Crippen molar-refractivity contribution in [1.82, 2.24) is 9.88 Å². The number of nitrogens with zero attached hydrogens (tertiary/aromatic N) is 3. The lowest BCUT2D eigenvalue weighted by molar-refractivity contribution is -0.144. The molecule has 0 spiro atoms. The molecule has 3 aliphatic heterocycles. The van der Waals surface area contributed by atoms with Crippen LogP contribution in [0.3, 0.4) is 0 Å². The number of carbonyl (C=O) groups is 2. The van der Waals surface area contributed by atoms with Gasteiger partial charge in [0.1, 0.15) is 29.5 Å². The minimum atomic E-state index is -1.06. The number of fused-ring (bicyclic) bond motifs is 1. The van der Waals surface area contributed by atoms with Gasteiger partial charge >= 0.3 is 12.1 Å². The Morgan fingerprint density at radius 1 is 1.08 bits per heavy atom. The molecule has 5 rings (SSSR count). The average Bonchev–Trinajstić information content (AvgIpc) is 3.10. The molecule has 1 aromatic carbocycles. The van der Waals surface area contributed by atoms with E-state index in [0.717, 1.165) is 30.2 Å². The number of pyridine rings is 1. The summed E-state index contributed by atoms with van der Waals surface area (Å²) in [5, 5.41) is 0. The number of esters is 1. The van der Waals surface area contributed by atoms with Crippen molar-refractivity contribution in [3.63, 3.8) is 0 Å². The van der Waals surface area contributed by atoms with Gasteiger partial charge in [0.25, 0.3) is 0 Å². The van der Waals surface area contributed by atoms with Crippen LogP contribution in [0.2, 0.25) is 0 Å². The van der Waals surface area contributed by atoms with Gasteiger partial charge in [0.2, 0.25) is 0 Å². The minimum absolute atomic E-state index is 0.0122. The molecule has 0 aliphatic carbocycles. The molecule has 0 N–H and O–H groups in total. The molecule has 2 saturated heterocycles. The van der Waals surface area contributed by atoms with E-state index < -0.39 is 41.4 Å². The lowest BCUT2D eigenvalue weighted by Gasteiger charge is -2.36. The molecule has 2 aromatic rings. The Bertz CT molecular complexity index is 1500. The van der Waals surface area contributed by atoms with E-state index >= 15 is 13.2 Å². The quantitative estimate of drug-likeness (QED) is 0.209. The normalized spacial score (nSPS) is 18.9. The van der Waals surface area contributed by atoms with Gasteiger partial charge < -0.3 is 23.8 Å². The van der Waals surface area contributed by atoms with Gasteiger partial charge in [-0.3, -0.25) is 9.69 Å². The van der Waals surface area contributed by atoms with Crippen molar-refractivity contribution in [1.29, 1.82) is 0 Å². The van der Waals surface area contributed by atoms with Crippen molar-refractivity contribution >= 4 is 17.9 Å². The van der Waals surface area contributed by atoms with Crippen molar-refractivity contribution < 1.29 is 41.7 Å². The Labute approximate surface area is 300 Å². The monoisotopic (exact) mass is 717 g/mol. The van der Waals surface area contributed by atoms with Crippen molar-refractivity contribution in [2.45, 2.75) is 116 Å². The summed E-state index contributed by atoms with van der Waals surface area (Å²) in [5.41, 5.74) is 1.37. The molecule has 4 heterocycles. The molecule has 2 atom stereocenters. The molecule has 0 bridgehead atoms. The molecule has 12 heteroatoms. The summed E-state index contributed by atoms with van der Waals surface area (Å²) in [6, 6.07) is 5.05. The zero-order chi connectivity index (χ0) is 36.7. The smallest absolute Gasteiger partial charge is 0.416 e. The zero-order valence-corrected chi connectivity index (χ0v) is 30.8. The van der Waals surface area contributed by atoms with Crippen molar-refractivity contribution in [3.05, 3.63) is 52.2 Å². The van der Waals surface area contributed by atoms with Crippen LogP contribution in [-0.4, -0.2) is 86.3 Å². The number of benzene rings is 1. The topological polar surface area (TPSA) is 90.4 Å². The van der Waals surface area contributed by atoms with Gasteiger partial charge in [-0.05, 0) is 108 Å². The number of halogens is 3. The lowest BCUT2D eigenvalue weighted by Crippen LogP contribution is -2.40. The SMILES string of the molecule is CCc1c(F)cc(OC2CCOCC2)c(F)c1[C@@H](C(=O)OC)C1CCN(CC(F)CCCc2ccc3c(n2)N(C(=O)OC(C)(C)C)CCC3)CC1. The molecule has 0 radical (unpaired) electrons. The van der Waals surface area contributed by atoms with E-state index in [1.807, 2.05) is 37.8 Å². The number of amides is 1. The van der Waals surface area contributed by atoms with Crippen LogP contribution >= 0.6 is 0 Å². The number of piperidine rings is 1. The second kappa shape index (κ2) is 17.4. The molecule has 2 fully saturated rings. The first-order valence-electron chi connectivity index (χ1n) is 18.6. The number of carbonyl (C=O) groups excluding carboxylic acids is 2. The standard InChI is InChI=1S/C39H54F3N3O6/c1-6-30-31(41)23-32(50-29-16-21-49-22-17-29)35(42)34(30)33(37(46)48-5)25-14-19-44(20-15-25)24-27(40)10-7-11-28-13-12-26-9-8-18-45(36(26)43-28)38(47)51-39(2,3)4/h12-13,23,25,27,29,33H,6-11,14-22,24H2,1-5H3/t27?,33-/m0/s1. The van der Waals surface area contributed by atoms with Crippen LogP contribution in [0.5, 0.6) is 5.75 Å². The maximum atomic E-state index is 16.2. The molecule has 0 saturated carbocycles. The summed E-state index contributed by atoms with van der Waals surface area (Å²) >= 11 is 0. The van der Waals surface area contributed by atoms with Gasteiger partial charge in [-0.25, -0.2) is 22.9 Å². The molecule has 3 aliphatic rings. The summed E-state index contributed by atoms with van der Waals surface area (Å²) in [4.78, 5) is 34.5. The van der Waals surface area contributed by atoms with Gasteiger partial charge in [-0.2, -0.15) is 0 Å². The molecule has 9 nitrogen and oxygen atoms in total. The number of alkyl halides is 1. The van der Waals surface area contributed by atoms with E-state index in [2.05, 4.69) is 0 Å². The Hall–Kier alpha value is -3.38. The van der Waals surface area contributed by atoms with E-state index in [9.17, 15) is 9.59 Å². The summed E-state index contributed by atoms with van der Waals surface area (Å²) in [6.45, 7) is 10.1. The summed E-state index contributed by atoms with van der Waals surface area (Å²) in [6.07, 6.45) is 3.79. The van der Waals surface area contributed by atoms with E-state index in [0.29, 0.717) is 83.6 Å².